The van der Waals surface area contributed by atoms with Crippen LogP contribution in [0.15, 0.2) is 18.2 Å². The Balaban J connectivity index is 1.44. The maximum atomic E-state index is 15.0. The highest BCUT2D eigenvalue weighted by Crippen LogP contribution is 2.35. The molecular weight excluding hydrogens is 394 g/mol. The van der Waals surface area contributed by atoms with E-state index in [1.807, 2.05) is 4.90 Å². The third kappa shape index (κ3) is 4.21. The van der Waals surface area contributed by atoms with Crippen LogP contribution in [0.1, 0.15) is 19.8 Å². The van der Waals surface area contributed by atoms with E-state index >= 15 is 4.39 Å². The number of alkyl halides is 1. The fourth-order valence-electron chi connectivity index (χ4n) is 4.87. The second kappa shape index (κ2) is 8.75. The van der Waals surface area contributed by atoms with Gasteiger partial charge in [-0.2, -0.15) is 0 Å². The van der Waals surface area contributed by atoms with E-state index in [0.717, 1.165) is 25.9 Å². The van der Waals surface area contributed by atoms with E-state index in [-0.39, 0.29) is 37.5 Å². The summed E-state index contributed by atoms with van der Waals surface area (Å²) in [5.74, 6) is -0.162. The van der Waals surface area contributed by atoms with Gasteiger partial charge in [-0.05, 0) is 43.5 Å². The lowest BCUT2D eigenvalue weighted by molar-refractivity contribution is -0.119. The first-order valence-electron chi connectivity index (χ1n) is 10.5. The van der Waals surface area contributed by atoms with E-state index in [9.17, 15) is 14.0 Å². The predicted molar refractivity (Wildman–Crippen MR) is 109 cm³/mol. The first-order chi connectivity index (χ1) is 14.5. The monoisotopic (exact) mass is 422 g/mol. The summed E-state index contributed by atoms with van der Waals surface area (Å²) in [7, 11) is 0. The number of carbonyl (C=O) groups excluding carboxylic acids is 2. The third-order valence-electron chi connectivity index (χ3n) is 6.30. The number of benzene rings is 1. The summed E-state index contributed by atoms with van der Waals surface area (Å²) in [4.78, 5) is 28.8. The average Bonchev–Trinajstić information content (AvgIpc) is 3.30. The Bertz CT molecular complexity index is 806. The highest BCUT2D eigenvalue weighted by atomic mass is 19.1. The largest absolute Gasteiger partial charge is 0.442 e. The summed E-state index contributed by atoms with van der Waals surface area (Å²) < 4.78 is 33.1. The number of fused-ring (bicyclic) bond motifs is 1. The quantitative estimate of drug-likeness (QED) is 0.761. The number of hydrogen-bond donors (Lipinski definition) is 1. The topological polar surface area (TPSA) is 65.1 Å². The van der Waals surface area contributed by atoms with E-state index in [1.54, 1.807) is 12.1 Å². The van der Waals surface area contributed by atoms with Gasteiger partial charge >= 0.3 is 6.09 Å². The van der Waals surface area contributed by atoms with Crippen molar-refractivity contribution in [2.75, 3.05) is 55.7 Å². The highest BCUT2D eigenvalue weighted by molar-refractivity contribution is 5.90. The second-order valence-corrected chi connectivity index (χ2v) is 8.29. The molecule has 0 saturated carbocycles. The minimum atomic E-state index is -0.549. The molecule has 3 fully saturated rings. The van der Waals surface area contributed by atoms with Gasteiger partial charge in [0.1, 0.15) is 18.6 Å². The van der Waals surface area contributed by atoms with Gasteiger partial charge in [0.15, 0.2) is 0 Å². The number of ether oxygens (including phenoxy) is 1. The summed E-state index contributed by atoms with van der Waals surface area (Å²) in [6, 6.07) is 5.05. The SMILES string of the molecule is CC(=O)NCC1CN(c2ccc(N3CC4CCCN(CCF)[C@H]4C3)c(F)c2)C(=O)O1. The van der Waals surface area contributed by atoms with Crippen molar-refractivity contribution in [2.45, 2.75) is 31.9 Å². The van der Waals surface area contributed by atoms with Crippen molar-refractivity contribution in [3.05, 3.63) is 24.0 Å². The number of hydrogen-bond acceptors (Lipinski definition) is 5. The smallest absolute Gasteiger partial charge is 0.414 e. The average molecular weight is 422 g/mol. The molecule has 3 atom stereocenters. The molecule has 0 spiro atoms. The molecule has 2 unspecified atom stereocenters. The van der Waals surface area contributed by atoms with Crippen molar-refractivity contribution >= 4 is 23.4 Å². The standard InChI is InChI=1S/C21H28F2N4O3/c1-14(28)24-10-17-12-27(21(29)30-17)16-4-5-19(18(23)9-16)26-11-15-3-2-7-25(8-6-22)20(15)13-26/h4-5,9,15,17,20H,2-3,6-8,10-13H2,1H3,(H,24,28)/t15?,17?,20-/m0/s1. The van der Waals surface area contributed by atoms with Crippen LogP contribution in [0, 0.1) is 11.7 Å². The van der Waals surface area contributed by atoms with Crippen LogP contribution in [0.2, 0.25) is 0 Å². The lowest BCUT2D eigenvalue weighted by Gasteiger charge is -2.36. The molecule has 0 bridgehead atoms. The molecule has 9 heteroatoms. The molecule has 3 aliphatic heterocycles. The van der Waals surface area contributed by atoms with E-state index in [4.69, 9.17) is 4.74 Å². The summed E-state index contributed by atoms with van der Waals surface area (Å²) in [6.07, 6.45) is 1.12. The highest BCUT2D eigenvalue weighted by Gasteiger charge is 2.40. The zero-order chi connectivity index (χ0) is 21.3. The molecule has 3 saturated heterocycles. The summed E-state index contributed by atoms with van der Waals surface area (Å²) in [5, 5.41) is 2.62. The summed E-state index contributed by atoms with van der Waals surface area (Å²) in [5.41, 5.74) is 0.943. The molecule has 0 aromatic heterocycles. The number of anilines is 2. The van der Waals surface area contributed by atoms with Crippen LogP contribution in [0.5, 0.6) is 0 Å². The first kappa shape index (κ1) is 20.8. The zero-order valence-corrected chi connectivity index (χ0v) is 17.2. The van der Waals surface area contributed by atoms with E-state index in [0.29, 0.717) is 30.4 Å². The first-order valence-corrected chi connectivity index (χ1v) is 10.5. The number of cyclic esters (lactones) is 1. The number of halogens is 2. The second-order valence-electron chi connectivity index (χ2n) is 8.29. The minimum absolute atomic E-state index is 0.198. The molecule has 4 rings (SSSR count). The van der Waals surface area contributed by atoms with Gasteiger partial charge in [-0.3, -0.25) is 14.6 Å². The van der Waals surface area contributed by atoms with Crippen LogP contribution in [0.3, 0.4) is 0 Å². The van der Waals surface area contributed by atoms with Gasteiger partial charge in [0.05, 0.1) is 24.5 Å². The van der Waals surface area contributed by atoms with Gasteiger partial charge in [0.2, 0.25) is 5.91 Å². The number of carbonyl (C=O) groups is 2. The van der Waals surface area contributed by atoms with Crippen molar-refractivity contribution in [2.24, 2.45) is 5.92 Å². The van der Waals surface area contributed by atoms with Gasteiger partial charge in [-0.25, -0.2) is 13.6 Å². The number of amides is 2. The summed E-state index contributed by atoms with van der Waals surface area (Å²) in [6.45, 7) is 4.30. The van der Waals surface area contributed by atoms with E-state index in [2.05, 4.69) is 10.2 Å². The molecule has 1 aromatic carbocycles. The Hall–Kier alpha value is -2.42. The Labute approximate surface area is 174 Å². The van der Waals surface area contributed by atoms with Crippen LogP contribution in [0.4, 0.5) is 25.0 Å². The number of likely N-dealkylation sites (tertiary alicyclic amines) is 1. The molecule has 3 heterocycles. The van der Waals surface area contributed by atoms with Crippen LogP contribution in [-0.2, 0) is 9.53 Å². The molecule has 30 heavy (non-hydrogen) atoms. The molecule has 3 aliphatic rings. The molecule has 2 amide bonds. The van der Waals surface area contributed by atoms with Crippen molar-refractivity contribution < 1.29 is 23.1 Å². The van der Waals surface area contributed by atoms with Crippen LogP contribution in [-0.4, -0.2) is 75.0 Å². The van der Waals surface area contributed by atoms with Crippen LogP contribution >= 0.6 is 0 Å². The molecule has 0 aliphatic carbocycles. The predicted octanol–water partition coefficient (Wildman–Crippen LogP) is 2.16. The molecule has 0 radical (unpaired) electrons. The summed E-state index contributed by atoms with van der Waals surface area (Å²) >= 11 is 0. The third-order valence-corrected chi connectivity index (χ3v) is 6.30. The fourth-order valence-corrected chi connectivity index (χ4v) is 4.87. The molecular formula is C21H28F2N4O3. The van der Waals surface area contributed by atoms with Crippen LogP contribution in [0.25, 0.3) is 0 Å². The van der Waals surface area contributed by atoms with Gasteiger partial charge in [0, 0.05) is 32.6 Å². The van der Waals surface area contributed by atoms with Crippen molar-refractivity contribution in [3.8, 4) is 0 Å². The Morgan fingerprint density at radius 3 is 2.87 bits per heavy atom. The Kier molecular flexibility index (Phi) is 6.08. The molecule has 164 valence electrons. The minimum Gasteiger partial charge on any atom is -0.442 e. The fraction of sp³-hybridized carbons (Fsp3) is 0.619. The normalized spacial score (nSPS) is 26.6. The van der Waals surface area contributed by atoms with Gasteiger partial charge in [-0.1, -0.05) is 0 Å². The lowest BCUT2D eigenvalue weighted by atomic mass is 9.92. The number of piperidine rings is 1. The lowest BCUT2D eigenvalue weighted by Crippen LogP contribution is -2.46. The maximum Gasteiger partial charge on any atom is 0.414 e. The number of rotatable bonds is 6. The Morgan fingerprint density at radius 1 is 1.30 bits per heavy atom. The van der Waals surface area contributed by atoms with Crippen molar-refractivity contribution in [1.82, 2.24) is 10.2 Å². The van der Waals surface area contributed by atoms with Gasteiger partial charge < -0.3 is 15.0 Å². The molecule has 1 aromatic rings. The molecule has 1 N–H and O–H groups in total. The maximum absolute atomic E-state index is 15.0. The van der Waals surface area contributed by atoms with E-state index in [1.165, 1.54) is 17.9 Å². The van der Waals surface area contributed by atoms with Crippen molar-refractivity contribution in [1.29, 1.82) is 0 Å². The van der Waals surface area contributed by atoms with E-state index < -0.39 is 12.2 Å². The van der Waals surface area contributed by atoms with Crippen LogP contribution < -0.4 is 15.1 Å². The molecule has 7 nitrogen and oxygen atoms in total. The van der Waals surface area contributed by atoms with Gasteiger partial charge in [-0.15, -0.1) is 0 Å². The van der Waals surface area contributed by atoms with Crippen molar-refractivity contribution in [3.63, 3.8) is 0 Å². The van der Waals surface area contributed by atoms with Gasteiger partial charge in [0.25, 0.3) is 0 Å². The zero-order valence-electron chi connectivity index (χ0n) is 17.2. The Morgan fingerprint density at radius 2 is 2.13 bits per heavy atom. The number of nitrogens with zero attached hydrogens (tertiary/aromatic N) is 3. The number of nitrogens with one attached hydrogen (secondary N) is 1.